The molecule has 3 rings (SSSR count). The van der Waals surface area contributed by atoms with Crippen LogP contribution in [0.4, 0.5) is 4.79 Å². The Kier molecular flexibility index (Phi) is 4.80. The molecule has 0 radical (unpaired) electrons. The van der Waals surface area contributed by atoms with Crippen molar-refractivity contribution < 1.29 is 9.53 Å². The molecule has 0 spiro atoms. The third-order valence-electron chi connectivity index (χ3n) is 3.61. The van der Waals surface area contributed by atoms with E-state index in [0.717, 1.165) is 23.3 Å². The van der Waals surface area contributed by atoms with Gasteiger partial charge in [0.25, 0.3) is 0 Å². The van der Waals surface area contributed by atoms with E-state index in [-0.39, 0.29) is 12.1 Å². The van der Waals surface area contributed by atoms with Crippen LogP contribution in [0.1, 0.15) is 23.6 Å². The second-order valence-electron chi connectivity index (χ2n) is 5.22. The zero-order chi connectivity index (χ0) is 15.9. The van der Waals surface area contributed by atoms with Gasteiger partial charge in [0.1, 0.15) is 5.75 Å². The summed E-state index contributed by atoms with van der Waals surface area (Å²) in [5.41, 5.74) is 1.96. The second kappa shape index (κ2) is 7.37. The van der Waals surface area contributed by atoms with Crippen LogP contribution in [0.2, 0.25) is 0 Å². The summed E-state index contributed by atoms with van der Waals surface area (Å²) < 4.78 is 5.59. The van der Waals surface area contributed by atoms with Crippen LogP contribution < -0.4 is 15.4 Å². The maximum Gasteiger partial charge on any atom is 0.316 e. The molecule has 2 amide bonds. The molecule has 0 aliphatic carbocycles. The Labute approximate surface area is 135 Å². The van der Waals surface area contributed by atoms with Gasteiger partial charge in [0.05, 0.1) is 19.2 Å². The topological polar surface area (TPSA) is 50.4 Å². The molecule has 1 atom stereocenters. The van der Waals surface area contributed by atoms with Gasteiger partial charge in [-0.2, -0.15) is 0 Å². The molecule has 0 bridgehead atoms. The number of urea groups is 1. The van der Waals surface area contributed by atoms with E-state index in [0.29, 0.717) is 13.2 Å². The molecular formula is C19H18N2O2. The van der Waals surface area contributed by atoms with Gasteiger partial charge in [0.15, 0.2) is 0 Å². The van der Waals surface area contributed by atoms with Gasteiger partial charge in [-0.25, -0.2) is 4.79 Å². The molecule has 0 saturated heterocycles. The smallest absolute Gasteiger partial charge is 0.316 e. The number of carbonyl (C=O) groups excluding carboxylic acids is 1. The third-order valence-corrected chi connectivity index (χ3v) is 3.61. The maximum atomic E-state index is 12.0. The monoisotopic (exact) mass is 306 g/mol. The van der Waals surface area contributed by atoms with Crippen LogP contribution in [0, 0.1) is 11.8 Å². The lowest BCUT2D eigenvalue weighted by Crippen LogP contribution is -2.39. The van der Waals surface area contributed by atoms with Crippen LogP contribution in [0.3, 0.4) is 0 Å². The Balaban J connectivity index is 1.52. The normalized spacial score (nSPS) is 15.4. The Bertz CT molecular complexity index is 732. The summed E-state index contributed by atoms with van der Waals surface area (Å²) >= 11 is 0. The van der Waals surface area contributed by atoms with Crippen molar-refractivity contribution in [2.45, 2.75) is 12.5 Å². The van der Waals surface area contributed by atoms with Crippen molar-refractivity contribution in [3.8, 4) is 17.6 Å². The molecule has 2 aromatic carbocycles. The first kappa shape index (κ1) is 15.0. The van der Waals surface area contributed by atoms with E-state index in [9.17, 15) is 4.79 Å². The van der Waals surface area contributed by atoms with Gasteiger partial charge < -0.3 is 15.4 Å². The molecule has 0 fully saturated rings. The predicted molar refractivity (Wildman–Crippen MR) is 89.1 cm³/mol. The van der Waals surface area contributed by atoms with Crippen molar-refractivity contribution in [2.24, 2.45) is 0 Å². The molecule has 2 aromatic rings. The fraction of sp³-hybridized carbons (Fsp3) is 0.211. The van der Waals surface area contributed by atoms with Gasteiger partial charge in [-0.15, -0.1) is 0 Å². The average molecular weight is 306 g/mol. The lowest BCUT2D eigenvalue weighted by Gasteiger charge is -2.26. The van der Waals surface area contributed by atoms with Crippen molar-refractivity contribution in [3.05, 3.63) is 65.7 Å². The molecule has 1 aliphatic heterocycles. The van der Waals surface area contributed by atoms with Crippen molar-refractivity contribution in [2.75, 3.05) is 13.2 Å². The first-order valence-electron chi connectivity index (χ1n) is 7.63. The fourth-order valence-electron chi connectivity index (χ4n) is 2.49. The minimum atomic E-state index is -0.214. The van der Waals surface area contributed by atoms with Crippen LogP contribution in [0.5, 0.6) is 5.75 Å². The summed E-state index contributed by atoms with van der Waals surface area (Å²) in [4.78, 5) is 12.0. The van der Waals surface area contributed by atoms with Gasteiger partial charge in [0.2, 0.25) is 0 Å². The van der Waals surface area contributed by atoms with Crippen molar-refractivity contribution in [3.63, 3.8) is 0 Å². The molecule has 116 valence electrons. The second-order valence-corrected chi connectivity index (χ2v) is 5.22. The minimum Gasteiger partial charge on any atom is -0.493 e. The highest BCUT2D eigenvalue weighted by Gasteiger charge is 2.22. The first-order valence-corrected chi connectivity index (χ1v) is 7.63. The number of benzene rings is 2. The molecule has 4 heteroatoms. The predicted octanol–water partition coefficient (Wildman–Crippen LogP) is 2.86. The van der Waals surface area contributed by atoms with Crippen LogP contribution >= 0.6 is 0 Å². The summed E-state index contributed by atoms with van der Waals surface area (Å²) in [5, 5.41) is 5.74. The van der Waals surface area contributed by atoms with Crippen molar-refractivity contribution in [1.82, 2.24) is 10.6 Å². The molecule has 0 aromatic heterocycles. The van der Waals surface area contributed by atoms with Crippen LogP contribution in [0.25, 0.3) is 0 Å². The lowest BCUT2D eigenvalue weighted by atomic mass is 10.0. The van der Waals surface area contributed by atoms with Crippen molar-refractivity contribution >= 4 is 6.03 Å². The number of rotatable bonds is 2. The number of fused-ring (bicyclic) bond motifs is 1. The van der Waals surface area contributed by atoms with E-state index in [1.54, 1.807) is 0 Å². The van der Waals surface area contributed by atoms with E-state index >= 15 is 0 Å². The van der Waals surface area contributed by atoms with Gasteiger partial charge in [-0.1, -0.05) is 48.2 Å². The van der Waals surface area contributed by atoms with E-state index in [4.69, 9.17) is 4.74 Å². The number of nitrogens with one attached hydrogen (secondary N) is 2. The van der Waals surface area contributed by atoms with E-state index < -0.39 is 0 Å². The number of hydrogen-bond acceptors (Lipinski definition) is 2. The number of hydrogen-bond donors (Lipinski definition) is 2. The molecule has 1 aliphatic rings. The maximum absolute atomic E-state index is 12.0. The standard InChI is InChI=1S/C19H18N2O2/c22-19(20-13-6-9-15-7-2-1-3-8-15)21-17-12-14-23-18-11-5-4-10-16(17)18/h1-5,7-8,10-11,17H,12-14H2,(H2,20,21,22)/t17-/m1/s1. The molecule has 0 saturated carbocycles. The first-order chi connectivity index (χ1) is 11.3. The molecule has 2 N–H and O–H groups in total. The van der Waals surface area contributed by atoms with E-state index in [1.807, 2.05) is 54.6 Å². The fourth-order valence-corrected chi connectivity index (χ4v) is 2.49. The number of amides is 2. The quantitative estimate of drug-likeness (QED) is 0.838. The summed E-state index contributed by atoms with van der Waals surface area (Å²) in [6.07, 6.45) is 0.764. The highest BCUT2D eigenvalue weighted by atomic mass is 16.5. The van der Waals surface area contributed by atoms with Crippen molar-refractivity contribution in [1.29, 1.82) is 0 Å². The molecule has 0 unspecified atom stereocenters. The van der Waals surface area contributed by atoms with Crippen LogP contribution in [-0.2, 0) is 0 Å². The average Bonchev–Trinajstić information content (AvgIpc) is 2.60. The number of ether oxygens (including phenoxy) is 1. The Morgan fingerprint density at radius 3 is 2.78 bits per heavy atom. The highest BCUT2D eigenvalue weighted by Crippen LogP contribution is 2.31. The van der Waals surface area contributed by atoms with Gasteiger partial charge in [0, 0.05) is 17.5 Å². The SMILES string of the molecule is O=C(NCC#Cc1ccccc1)N[C@@H]1CCOc2ccccc21. The number of para-hydroxylation sites is 1. The van der Waals surface area contributed by atoms with Gasteiger partial charge in [-0.05, 0) is 18.2 Å². The summed E-state index contributed by atoms with van der Waals surface area (Å²) in [6.45, 7) is 0.918. The Hall–Kier alpha value is -2.93. The Morgan fingerprint density at radius 2 is 1.91 bits per heavy atom. The highest BCUT2D eigenvalue weighted by molar-refractivity contribution is 5.75. The lowest BCUT2D eigenvalue weighted by molar-refractivity contribution is 0.224. The summed E-state index contributed by atoms with van der Waals surface area (Å²) in [5.74, 6) is 6.79. The molecule has 23 heavy (non-hydrogen) atoms. The number of carbonyl (C=O) groups is 1. The minimum absolute atomic E-state index is 0.0259. The molecule has 4 nitrogen and oxygen atoms in total. The van der Waals surface area contributed by atoms with Crippen LogP contribution in [-0.4, -0.2) is 19.2 Å². The zero-order valence-corrected chi connectivity index (χ0v) is 12.7. The van der Waals surface area contributed by atoms with Gasteiger partial charge >= 0.3 is 6.03 Å². The summed E-state index contributed by atoms with van der Waals surface area (Å²) in [6, 6.07) is 17.2. The molecular weight excluding hydrogens is 288 g/mol. The molecule has 1 heterocycles. The van der Waals surface area contributed by atoms with E-state index in [1.165, 1.54) is 0 Å². The van der Waals surface area contributed by atoms with Crippen LogP contribution in [0.15, 0.2) is 54.6 Å². The van der Waals surface area contributed by atoms with E-state index in [2.05, 4.69) is 22.5 Å². The zero-order valence-electron chi connectivity index (χ0n) is 12.7. The Morgan fingerprint density at radius 1 is 1.13 bits per heavy atom. The summed E-state index contributed by atoms with van der Waals surface area (Å²) in [7, 11) is 0. The third kappa shape index (κ3) is 4.04. The largest absolute Gasteiger partial charge is 0.493 e. The van der Waals surface area contributed by atoms with Gasteiger partial charge in [-0.3, -0.25) is 0 Å².